The van der Waals surface area contributed by atoms with Crippen molar-refractivity contribution in [2.24, 2.45) is 0 Å². The van der Waals surface area contributed by atoms with Gasteiger partial charge in [0, 0.05) is 13.1 Å². The molecule has 0 aliphatic heterocycles. The Kier molecular flexibility index (Phi) is 4.22. The van der Waals surface area contributed by atoms with Crippen LogP contribution in [0.4, 0.5) is 5.95 Å². The fraction of sp³-hybridized carbons (Fsp3) is 0.500. The zero-order valence-electron chi connectivity index (χ0n) is 10.1. The number of fused-ring (bicyclic) bond motifs is 1. The maximum absolute atomic E-state index is 9.46. The van der Waals surface area contributed by atoms with E-state index < -0.39 is 18.8 Å². The first-order valence-corrected chi connectivity index (χ1v) is 5.75. The molecule has 104 valence electrons. The van der Waals surface area contributed by atoms with Gasteiger partial charge in [-0.15, -0.1) is 0 Å². The average Bonchev–Trinajstić information content (AvgIpc) is 2.80. The molecule has 7 N–H and O–H groups in total. The summed E-state index contributed by atoms with van der Waals surface area (Å²) in [5, 5.41) is 37.1. The summed E-state index contributed by atoms with van der Waals surface area (Å²) in [4.78, 5) is 7.90. The second-order valence-corrected chi connectivity index (χ2v) is 4.11. The highest BCUT2D eigenvalue weighted by molar-refractivity contribution is 5.76. The first-order chi connectivity index (χ1) is 9.11. The van der Waals surface area contributed by atoms with Gasteiger partial charge in [0.1, 0.15) is 22.8 Å². The minimum atomic E-state index is -1.17. The molecule has 2 rings (SSSR count). The number of nitrogens with two attached hydrogens (primary N) is 1. The molecule has 0 unspecified atom stereocenters. The molecule has 0 radical (unpaired) electrons. The van der Waals surface area contributed by atoms with Gasteiger partial charge in [-0.1, -0.05) is 0 Å². The van der Waals surface area contributed by atoms with E-state index in [1.807, 2.05) is 0 Å². The molecule has 0 spiro atoms. The second-order valence-electron chi connectivity index (χ2n) is 4.11. The maximum atomic E-state index is 9.46. The van der Waals surface area contributed by atoms with Crippen molar-refractivity contribution in [2.45, 2.75) is 18.8 Å². The maximum Gasteiger partial charge on any atom is 0.220 e. The number of aliphatic hydroxyl groups is 3. The molecular formula is C10H16N6O3. The molecule has 9 nitrogen and oxygen atoms in total. The van der Waals surface area contributed by atoms with Crippen LogP contribution in [0.25, 0.3) is 11.0 Å². The van der Waals surface area contributed by atoms with Crippen LogP contribution in [0.15, 0.2) is 6.20 Å². The molecule has 2 aromatic rings. The third-order valence-corrected chi connectivity index (χ3v) is 2.67. The largest absolute Gasteiger partial charge is 0.394 e. The van der Waals surface area contributed by atoms with Crippen molar-refractivity contribution >= 4 is 17.0 Å². The van der Waals surface area contributed by atoms with Gasteiger partial charge in [0.2, 0.25) is 5.95 Å². The Balaban J connectivity index is 1.96. The lowest BCUT2D eigenvalue weighted by atomic mass is 10.2. The Morgan fingerprint density at radius 2 is 2.16 bits per heavy atom. The molecule has 2 atom stereocenters. The summed E-state index contributed by atoms with van der Waals surface area (Å²) < 4.78 is 0. The van der Waals surface area contributed by atoms with Gasteiger partial charge in [0.25, 0.3) is 0 Å². The van der Waals surface area contributed by atoms with Crippen LogP contribution in [0, 0.1) is 0 Å². The minimum absolute atomic E-state index is 0.122. The van der Waals surface area contributed by atoms with Crippen molar-refractivity contribution in [3.8, 4) is 0 Å². The highest BCUT2D eigenvalue weighted by Gasteiger charge is 2.15. The molecule has 0 aromatic carbocycles. The predicted molar refractivity (Wildman–Crippen MR) is 66.9 cm³/mol. The lowest BCUT2D eigenvalue weighted by Gasteiger charge is -2.15. The highest BCUT2D eigenvalue weighted by atomic mass is 16.4. The van der Waals surface area contributed by atoms with Crippen molar-refractivity contribution < 1.29 is 15.3 Å². The fourth-order valence-electron chi connectivity index (χ4n) is 1.60. The Hall–Kier alpha value is -1.81. The number of anilines is 1. The van der Waals surface area contributed by atoms with Gasteiger partial charge in [0.15, 0.2) is 0 Å². The number of hydrogen-bond acceptors (Lipinski definition) is 8. The molecule has 0 bridgehead atoms. The number of aliphatic hydroxyl groups excluding tert-OH is 3. The van der Waals surface area contributed by atoms with Crippen LogP contribution in [0.5, 0.6) is 0 Å². The number of nitrogen functional groups attached to an aromatic ring is 1. The lowest BCUT2D eigenvalue weighted by molar-refractivity contribution is -0.0130. The lowest BCUT2D eigenvalue weighted by Crippen LogP contribution is -2.38. The Morgan fingerprint density at radius 1 is 1.37 bits per heavy atom. The summed E-state index contributed by atoms with van der Waals surface area (Å²) in [6, 6.07) is 0. The van der Waals surface area contributed by atoms with Crippen LogP contribution < -0.4 is 11.1 Å². The van der Waals surface area contributed by atoms with Crippen LogP contribution >= 0.6 is 0 Å². The van der Waals surface area contributed by atoms with Crippen LogP contribution in [0.2, 0.25) is 0 Å². The van der Waals surface area contributed by atoms with Crippen LogP contribution in [0.3, 0.4) is 0 Å². The monoisotopic (exact) mass is 268 g/mol. The molecule has 19 heavy (non-hydrogen) atoms. The summed E-state index contributed by atoms with van der Waals surface area (Å²) in [5.41, 5.74) is 7.41. The van der Waals surface area contributed by atoms with Gasteiger partial charge in [0.05, 0.1) is 18.9 Å². The minimum Gasteiger partial charge on any atom is -0.394 e. The van der Waals surface area contributed by atoms with Crippen molar-refractivity contribution in [3.05, 3.63) is 11.9 Å². The van der Waals surface area contributed by atoms with Crippen molar-refractivity contribution in [2.75, 3.05) is 18.9 Å². The molecule has 2 aromatic heterocycles. The predicted octanol–water partition coefficient (Wildman–Crippen LogP) is -2.26. The molecule has 0 saturated carbocycles. The highest BCUT2D eigenvalue weighted by Crippen LogP contribution is 2.12. The topological polar surface area (TPSA) is 153 Å². The van der Waals surface area contributed by atoms with Crippen molar-refractivity contribution in [3.63, 3.8) is 0 Å². The number of nitrogens with one attached hydrogen (secondary N) is 2. The molecule has 0 saturated heterocycles. The zero-order chi connectivity index (χ0) is 13.8. The van der Waals surface area contributed by atoms with Gasteiger partial charge in [-0.2, -0.15) is 5.10 Å². The third-order valence-electron chi connectivity index (χ3n) is 2.67. The zero-order valence-corrected chi connectivity index (χ0v) is 10.1. The molecule has 2 heterocycles. The van der Waals surface area contributed by atoms with E-state index in [-0.39, 0.29) is 12.5 Å². The first kappa shape index (κ1) is 13.6. The normalized spacial score (nSPS) is 14.7. The summed E-state index contributed by atoms with van der Waals surface area (Å²) in [6.45, 7) is -0.0275. The Labute approximate surface area is 108 Å². The molecule has 9 heteroatoms. The van der Waals surface area contributed by atoms with E-state index in [2.05, 4.69) is 25.5 Å². The Bertz CT molecular complexity index is 545. The standard InChI is InChI=1S/C10H16N6O3/c11-10-13-2-6-9(14-10)5(15-16-6)1-12-3-7(18)8(19)4-17/h2,7-8,12,17-19H,1,3-4H2,(H,15,16)(H2,11,13,14)/t7-,8-/m1/s1. The number of rotatable bonds is 6. The van der Waals surface area contributed by atoms with E-state index in [1.165, 1.54) is 0 Å². The summed E-state index contributed by atoms with van der Waals surface area (Å²) in [7, 11) is 0. The summed E-state index contributed by atoms with van der Waals surface area (Å²) >= 11 is 0. The van der Waals surface area contributed by atoms with E-state index in [0.29, 0.717) is 23.3 Å². The van der Waals surface area contributed by atoms with Crippen LogP contribution in [-0.2, 0) is 6.54 Å². The SMILES string of the molecule is Nc1ncc2[nH]nc(CNC[C@@H](O)[C@H](O)CO)c2n1. The molecular weight excluding hydrogens is 252 g/mol. The number of aromatic nitrogens is 4. The van der Waals surface area contributed by atoms with E-state index in [4.69, 9.17) is 10.8 Å². The quantitative estimate of drug-likeness (QED) is 0.343. The first-order valence-electron chi connectivity index (χ1n) is 5.75. The van der Waals surface area contributed by atoms with Gasteiger partial charge < -0.3 is 26.4 Å². The average molecular weight is 268 g/mol. The van der Waals surface area contributed by atoms with E-state index in [9.17, 15) is 10.2 Å². The molecule has 0 aliphatic rings. The van der Waals surface area contributed by atoms with Crippen LogP contribution in [-0.4, -0.2) is 60.8 Å². The van der Waals surface area contributed by atoms with Gasteiger partial charge in [-0.25, -0.2) is 9.97 Å². The number of aromatic amines is 1. The molecule has 0 aliphatic carbocycles. The fourth-order valence-corrected chi connectivity index (χ4v) is 1.60. The smallest absolute Gasteiger partial charge is 0.220 e. The van der Waals surface area contributed by atoms with Gasteiger partial charge in [-0.3, -0.25) is 5.10 Å². The van der Waals surface area contributed by atoms with E-state index >= 15 is 0 Å². The van der Waals surface area contributed by atoms with E-state index in [1.54, 1.807) is 6.20 Å². The summed E-state index contributed by atoms with van der Waals surface area (Å²) in [6.07, 6.45) is -0.672. The van der Waals surface area contributed by atoms with Crippen molar-refractivity contribution in [1.29, 1.82) is 0 Å². The van der Waals surface area contributed by atoms with Gasteiger partial charge >= 0.3 is 0 Å². The Morgan fingerprint density at radius 3 is 2.89 bits per heavy atom. The molecule has 0 amide bonds. The van der Waals surface area contributed by atoms with Crippen LogP contribution in [0.1, 0.15) is 5.69 Å². The summed E-state index contributed by atoms with van der Waals surface area (Å²) in [5.74, 6) is 0.158. The van der Waals surface area contributed by atoms with Crippen molar-refractivity contribution in [1.82, 2.24) is 25.5 Å². The second kappa shape index (κ2) is 5.89. The van der Waals surface area contributed by atoms with E-state index in [0.717, 1.165) is 0 Å². The molecule has 0 fully saturated rings. The third kappa shape index (κ3) is 3.15. The number of hydrogen-bond donors (Lipinski definition) is 6. The number of nitrogens with zero attached hydrogens (tertiary/aromatic N) is 3. The number of H-pyrrole nitrogens is 1. The van der Waals surface area contributed by atoms with Gasteiger partial charge in [-0.05, 0) is 0 Å².